The first-order valence-corrected chi connectivity index (χ1v) is 9.15. The number of rotatable bonds is 10. The summed E-state index contributed by atoms with van der Waals surface area (Å²) in [6.07, 6.45) is 0.652. The molecule has 0 aliphatic carbocycles. The molecule has 2 aromatic carbocycles. The highest BCUT2D eigenvalue weighted by molar-refractivity contribution is 5.75. The summed E-state index contributed by atoms with van der Waals surface area (Å²) in [5, 5.41) is 8.81. The molecule has 2 aromatic rings. The van der Waals surface area contributed by atoms with Crippen LogP contribution in [-0.4, -0.2) is 31.9 Å². The van der Waals surface area contributed by atoms with Crippen LogP contribution in [0.15, 0.2) is 48.5 Å². The first-order valence-electron chi connectivity index (χ1n) is 9.15. The van der Waals surface area contributed by atoms with E-state index in [-0.39, 0.29) is 5.97 Å². The van der Waals surface area contributed by atoms with Crippen molar-refractivity contribution >= 4 is 5.97 Å². The van der Waals surface area contributed by atoms with Gasteiger partial charge in [0.05, 0.1) is 24.8 Å². The van der Waals surface area contributed by atoms with Crippen molar-refractivity contribution in [2.45, 2.75) is 32.8 Å². The van der Waals surface area contributed by atoms with E-state index in [1.165, 1.54) is 0 Å². The number of esters is 1. The predicted molar refractivity (Wildman–Crippen MR) is 103 cm³/mol. The minimum Gasteiger partial charge on any atom is -0.493 e. The van der Waals surface area contributed by atoms with E-state index >= 15 is 0 Å². The largest absolute Gasteiger partial charge is 0.493 e. The van der Waals surface area contributed by atoms with Crippen molar-refractivity contribution in [3.05, 3.63) is 65.2 Å². The highest BCUT2D eigenvalue weighted by atomic mass is 16.6. The number of benzene rings is 2. The lowest BCUT2D eigenvalue weighted by Gasteiger charge is -2.15. The summed E-state index contributed by atoms with van der Waals surface area (Å²) in [6, 6.07) is 17.2. The molecule has 5 nitrogen and oxygen atoms in total. The Kier molecular flexibility index (Phi) is 8.34. The van der Waals surface area contributed by atoms with Crippen LogP contribution >= 0.6 is 0 Å². The van der Waals surface area contributed by atoms with Crippen LogP contribution in [0.25, 0.3) is 0 Å². The number of ether oxygens (including phenoxy) is 3. The fraction of sp³-hybridized carbons (Fsp3) is 0.364. The van der Waals surface area contributed by atoms with E-state index in [1.807, 2.05) is 55.5 Å². The van der Waals surface area contributed by atoms with Crippen molar-refractivity contribution in [1.82, 2.24) is 0 Å². The number of carbonyl (C=O) groups is 1. The minimum atomic E-state index is -0.585. The lowest BCUT2D eigenvalue weighted by Crippen LogP contribution is -2.28. The van der Waals surface area contributed by atoms with Crippen LogP contribution in [0.3, 0.4) is 0 Å². The smallest absolute Gasteiger partial charge is 0.335 e. The lowest BCUT2D eigenvalue weighted by molar-refractivity contribution is -0.156. The third-order valence-electron chi connectivity index (χ3n) is 4.00. The normalized spacial score (nSPS) is 11.4. The number of hydrogen-bond donors (Lipinski definition) is 0. The Bertz CT molecular complexity index is 747. The van der Waals surface area contributed by atoms with Gasteiger partial charge in [-0.05, 0) is 49.2 Å². The summed E-state index contributed by atoms with van der Waals surface area (Å²) in [4.78, 5) is 11.9. The van der Waals surface area contributed by atoms with Gasteiger partial charge in [-0.25, -0.2) is 4.79 Å². The molecule has 0 saturated carbocycles. The van der Waals surface area contributed by atoms with Gasteiger partial charge in [0.1, 0.15) is 5.75 Å². The SMILES string of the molecule is CCOC(=O)C(Cc1ccc(OCCc2ccc(C#N)cc2)cc1)OCC. The van der Waals surface area contributed by atoms with Crippen LogP contribution in [-0.2, 0) is 27.1 Å². The molecule has 27 heavy (non-hydrogen) atoms. The molecule has 1 unspecified atom stereocenters. The second-order valence-electron chi connectivity index (χ2n) is 5.95. The first kappa shape index (κ1) is 20.5. The van der Waals surface area contributed by atoms with Gasteiger partial charge in [-0.1, -0.05) is 24.3 Å². The van der Waals surface area contributed by atoms with Gasteiger partial charge < -0.3 is 14.2 Å². The summed E-state index contributed by atoms with van der Waals surface area (Å²) in [5.74, 6) is 0.443. The molecule has 142 valence electrons. The van der Waals surface area contributed by atoms with Crippen molar-refractivity contribution in [2.75, 3.05) is 19.8 Å². The van der Waals surface area contributed by atoms with Gasteiger partial charge in [-0.2, -0.15) is 5.26 Å². The number of carbonyl (C=O) groups excluding carboxylic acids is 1. The zero-order valence-corrected chi connectivity index (χ0v) is 15.8. The van der Waals surface area contributed by atoms with Gasteiger partial charge in [-0.3, -0.25) is 0 Å². The van der Waals surface area contributed by atoms with Crippen molar-refractivity contribution in [3.8, 4) is 11.8 Å². The van der Waals surface area contributed by atoms with Crippen LogP contribution in [0.4, 0.5) is 0 Å². The van der Waals surface area contributed by atoms with Crippen molar-refractivity contribution < 1.29 is 19.0 Å². The summed E-state index contributed by atoms with van der Waals surface area (Å²) in [6.45, 7) is 4.99. The molecule has 2 rings (SSSR count). The van der Waals surface area contributed by atoms with Crippen LogP contribution < -0.4 is 4.74 Å². The Labute approximate surface area is 160 Å². The van der Waals surface area contributed by atoms with Crippen molar-refractivity contribution in [1.29, 1.82) is 5.26 Å². The molecule has 0 bridgehead atoms. The van der Waals surface area contributed by atoms with Gasteiger partial charge in [0.2, 0.25) is 0 Å². The number of hydrogen-bond acceptors (Lipinski definition) is 5. The van der Waals surface area contributed by atoms with Gasteiger partial charge >= 0.3 is 5.97 Å². The number of nitriles is 1. The Morgan fingerprint density at radius 2 is 1.67 bits per heavy atom. The van der Waals surface area contributed by atoms with Crippen LogP contribution in [0, 0.1) is 11.3 Å². The quantitative estimate of drug-likeness (QED) is 0.599. The second-order valence-corrected chi connectivity index (χ2v) is 5.95. The molecule has 0 aliphatic heterocycles. The van der Waals surface area contributed by atoms with Gasteiger partial charge in [-0.15, -0.1) is 0 Å². The Balaban J connectivity index is 1.84. The van der Waals surface area contributed by atoms with Crippen LogP contribution in [0.1, 0.15) is 30.5 Å². The maximum absolute atomic E-state index is 11.9. The van der Waals surface area contributed by atoms with E-state index in [1.54, 1.807) is 6.92 Å². The third-order valence-corrected chi connectivity index (χ3v) is 4.00. The fourth-order valence-electron chi connectivity index (χ4n) is 2.62. The van der Waals surface area contributed by atoms with E-state index in [4.69, 9.17) is 19.5 Å². The molecule has 0 saturated heterocycles. The zero-order chi connectivity index (χ0) is 19.5. The molecule has 0 aliphatic rings. The average molecular weight is 367 g/mol. The Morgan fingerprint density at radius 3 is 2.26 bits per heavy atom. The van der Waals surface area contributed by atoms with Crippen LogP contribution in [0.2, 0.25) is 0 Å². The average Bonchev–Trinajstić information content (AvgIpc) is 2.69. The number of nitrogens with zero attached hydrogens (tertiary/aromatic N) is 1. The molecule has 5 heteroatoms. The molecule has 1 atom stereocenters. The van der Waals surface area contributed by atoms with E-state index in [0.29, 0.717) is 31.8 Å². The highest BCUT2D eigenvalue weighted by Gasteiger charge is 2.20. The molecule has 0 N–H and O–H groups in total. The minimum absolute atomic E-state index is 0.331. The summed E-state index contributed by atoms with van der Waals surface area (Å²) < 4.78 is 16.3. The van der Waals surface area contributed by atoms with Crippen molar-refractivity contribution in [3.63, 3.8) is 0 Å². The lowest BCUT2D eigenvalue weighted by atomic mass is 10.1. The van der Waals surface area contributed by atoms with E-state index in [9.17, 15) is 4.79 Å². The Hall–Kier alpha value is -2.84. The summed E-state index contributed by atoms with van der Waals surface area (Å²) in [5.41, 5.74) is 2.77. The van der Waals surface area contributed by atoms with Gasteiger partial charge in [0.15, 0.2) is 6.10 Å². The highest BCUT2D eigenvalue weighted by Crippen LogP contribution is 2.15. The zero-order valence-electron chi connectivity index (χ0n) is 15.8. The van der Waals surface area contributed by atoms with Crippen LogP contribution in [0.5, 0.6) is 5.75 Å². The molecule has 0 aromatic heterocycles. The van der Waals surface area contributed by atoms with E-state index in [2.05, 4.69) is 6.07 Å². The molecule has 0 radical (unpaired) electrons. The standard InChI is InChI=1S/C22H25NO4/c1-3-25-21(22(24)26-4-2)15-18-9-11-20(12-10-18)27-14-13-17-5-7-19(16-23)8-6-17/h5-12,21H,3-4,13-15H2,1-2H3. The molecule has 0 heterocycles. The second kappa shape index (κ2) is 11.0. The molecular weight excluding hydrogens is 342 g/mol. The molecular formula is C22H25NO4. The maximum Gasteiger partial charge on any atom is 0.335 e. The van der Waals surface area contributed by atoms with Gasteiger partial charge in [0.25, 0.3) is 0 Å². The fourth-order valence-corrected chi connectivity index (χ4v) is 2.62. The van der Waals surface area contributed by atoms with Gasteiger partial charge in [0, 0.05) is 19.4 Å². The first-order chi connectivity index (χ1) is 13.2. The summed E-state index contributed by atoms with van der Waals surface area (Å²) >= 11 is 0. The Morgan fingerprint density at radius 1 is 1.00 bits per heavy atom. The molecule has 0 spiro atoms. The predicted octanol–water partition coefficient (Wildman–Crippen LogP) is 3.69. The van der Waals surface area contributed by atoms with Crippen molar-refractivity contribution in [2.24, 2.45) is 0 Å². The van der Waals surface area contributed by atoms with E-state index in [0.717, 1.165) is 23.3 Å². The third kappa shape index (κ3) is 6.76. The van der Waals surface area contributed by atoms with E-state index < -0.39 is 6.10 Å². The molecule has 0 fully saturated rings. The topological polar surface area (TPSA) is 68.5 Å². The maximum atomic E-state index is 11.9. The summed E-state index contributed by atoms with van der Waals surface area (Å²) in [7, 11) is 0. The monoisotopic (exact) mass is 367 g/mol. The molecule has 0 amide bonds.